The maximum atomic E-state index is 12.9. The quantitative estimate of drug-likeness (QED) is 0.785. The monoisotopic (exact) mass is 314 g/mol. The minimum absolute atomic E-state index is 0.369. The maximum absolute atomic E-state index is 12.9. The first-order valence-corrected chi connectivity index (χ1v) is 9.26. The van der Waals surface area contributed by atoms with Crippen molar-refractivity contribution < 1.29 is 8.42 Å². The topological polar surface area (TPSA) is 78.1 Å². The molecule has 2 heterocycles. The minimum atomic E-state index is -3.44. The van der Waals surface area contributed by atoms with Gasteiger partial charge >= 0.3 is 0 Å². The molecule has 0 spiro atoms. The van der Waals surface area contributed by atoms with E-state index in [4.69, 9.17) is 0 Å². The number of aromatic amines is 1. The van der Waals surface area contributed by atoms with Crippen LogP contribution in [0.5, 0.6) is 0 Å². The van der Waals surface area contributed by atoms with Crippen LogP contribution in [0.15, 0.2) is 4.90 Å². The Morgan fingerprint density at radius 3 is 2.52 bits per heavy atom. The summed E-state index contributed by atoms with van der Waals surface area (Å²) in [6.07, 6.45) is 5.12. The van der Waals surface area contributed by atoms with Gasteiger partial charge in [0.05, 0.1) is 11.4 Å². The van der Waals surface area contributed by atoms with E-state index in [1.165, 1.54) is 0 Å². The van der Waals surface area contributed by atoms with Crippen LogP contribution in [-0.2, 0) is 16.6 Å². The van der Waals surface area contributed by atoms with Gasteiger partial charge < -0.3 is 5.32 Å². The fourth-order valence-electron chi connectivity index (χ4n) is 2.73. The Morgan fingerprint density at radius 2 is 1.90 bits per heavy atom. The van der Waals surface area contributed by atoms with Gasteiger partial charge in [-0.25, -0.2) is 8.42 Å². The molecule has 1 aliphatic rings. The van der Waals surface area contributed by atoms with Crippen molar-refractivity contribution in [3.8, 4) is 0 Å². The Labute approximate surface area is 127 Å². The van der Waals surface area contributed by atoms with Crippen LogP contribution in [0, 0.1) is 6.92 Å². The van der Waals surface area contributed by atoms with Crippen LogP contribution >= 0.6 is 0 Å². The van der Waals surface area contributed by atoms with Crippen molar-refractivity contribution in [2.75, 3.05) is 19.6 Å². The Morgan fingerprint density at radius 1 is 1.24 bits per heavy atom. The molecule has 2 rings (SSSR count). The third kappa shape index (κ3) is 3.84. The number of hydrogen-bond acceptors (Lipinski definition) is 4. The van der Waals surface area contributed by atoms with E-state index in [2.05, 4.69) is 22.4 Å². The lowest BCUT2D eigenvalue weighted by molar-refractivity contribution is 0.422. The third-order valence-corrected chi connectivity index (χ3v) is 5.95. The van der Waals surface area contributed by atoms with Crippen LogP contribution in [0.1, 0.15) is 50.4 Å². The normalized spacial score (nSPS) is 17.8. The molecule has 0 aliphatic carbocycles. The molecule has 1 aromatic heterocycles. The van der Waals surface area contributed by atoms with Gasteiger partial charge in [0.25, 0.3) is 0 Å². The molecular formula is C14H26N4O2S. The van der Waals surface area contributed by atoms with Gasteiger partial charge in [-0.3, -0.25) is 5.10 Å². The Bertz CT molecular complexity index is 545. The van der Waals surface area contributed by atoms with Gasteiger partial charge in [0.15, 0.2) is 0 Å². The second kappa shape index (κ2) is 7.38. The van der Waals surface area contributed by atoms with Gasteiger partial charge in [-0.15, -0.1) is 0 Å². The molecule has 0 atom stereocenters. The zero-order valence-electron chi connectivity index (χ0n) is 13.0. The van der Waals surface area contributed by atoms with Crippen molar-refractivity contribution in [1.29, 1.82) is 0 Å². The lowest BCUT2D eigenvalue weighted by Crippen LogP contribution is -2.33. The van der Waals surface area contributed by atoms with Gasteiger partial charge in [0.1, 0.15) is 4.90 Å². The smallest absolute Gasteiger partial charge is 0.246 e. The fourth-order valence-corrected chi connectivity index (χ4v) is 4.57. The van der Waals surface area contributed by atoms with Crippen LogP contribution in [0.2, 0.25) is 0 Å². The van der Waals surface area contributed by atoms with E-state index in [-0.39, 0.29) is 0 Å². The zero-order chi connectivity index (χ0) is 15.3. The molecule has 0 saturated carbocycles. The standard InChI is InChI=1S/C14H26N4O2S/c1-3-8-15-11-13-14(12(2)16-17-13)21(19,20)18-9-6-4-5-7-10-18/h15H,3-11H2,1-2H3,(H,16,17). The fraction of sp³-hybridized carbons (Fsp3) is 0.786. The summed E-state index contributed by atoms with van der Waals surface area (Å²) in [5.74, 6) is 0. The predicted octanol–water partition coefficient (Wildman–Crippen LogP) is 1.78. The number of H-pyrrole nitrogens is 1. The molecular weight excluding hydrogens is 288 g/mol. The zero-order valence-corrected chi connectivity index (χ0v) is 13.8. The van der Waals surface area contributed by atoms with Crippen LogP contribution in [0.25, 0.3) is 0 Å². The van der Waals surface area contributed by atoms with E-state index in [9.17, 15) is 8.42 Å². The number of hydrogen-bond donors (Lipinski definition) is 2. The summed E-state index contributed by atoms with van der Waals surface area (Å²) in [6, 6.07) is 0. The first kappa shape index (κ1) is 16.5. The van der Waals surface area contributed by atoms with E-state index in [1.54, 1.807) is 11.2 Å². The van der Waals surface area contributed by atoms with Crippen molar-refractivity contribution in [2.24, 2.45) is 0 Å². The van der Waals surface area contributed by atoms with Gasteiger partial charge in [0.2, 0.25) is 10.0 Å². The summed E-state index contributed by atoms with van der Waals surface area (Å²) in [4.78, 5) is 0.369. The molecule has 2 N–H and O–H groups in total. The Kier molecular flexibility index (Phi) is 5.78. The molecule has 0 unspecified atom stereocenters. The average Bonchev–Trinajstić information content (AvgIpc) is 2.68. The second-order valence-corrected chi connectivity index (χ2v) is 7.49. The SMILES string of the molecule is CCCNCc1n[nH]c(C)c1S(=O)(=O)N1CCCCCC1. The summed E-state index contributed by atoms with van der Waals surface area (Å²) < 4.78 is 27.5. The largest absolute Gasteiger partial charge is 0.311 e. The minimum Gasteiger partial charge on any atom is -0.311 e. The van der Waals surface area contributed by atoms with E-state index in [0.29, 0.717) is 35.9 Å². The number of aryl methyl sites for hydroxylation is 1. The molecule has 1 aromatic rings. The summed E-state index contributed by atoms with van der Waals surface area (Å²) in [6.45, 7) is 6.44. The molecule has 0 amide bonds. The molecule has 21 heavy (non-hydrogen) atoms. The van der Waals surface area contributed by atoms with Crippen molar-refractivity contribution in [3.05, 3.63) is 11.4 Å². The van der Waals surface area contributed by atoms with Crippen molar-refractivity contribution in [1.82, 2.24) is 19.8 Å². The van der Waals surface area contributed by atoms with Crippen LogP contribution in [0.4, 0.5) is 0 Å². The number of rotatable bonds is 6. The number of nitrogens with one attached hydrogen (secondary N) is 2. The molecule has 6 nitrogen and oxygen atoms in total. The maximum Gasteiger partial charge on any atom is 0.246 e. The van der Waals surface area contributed by atoms with Gasteiger partial charge in [-0.2, -0.15) is 9.40 Å². The van der Waals surface area contributed by atoms with E-state index < -0.39 is 10.0 Å². The molecule has 7 heteroatoms. The van der Waals surface area contributed by atoms with Gasteiger partial charge in [-0.1, -0.05) is 19.8 Å². The summed E-state index contributed by atoms with van der Waals surface area (Å²) in [7, 11) is -3.44. The van der Waals surface area contributed by atoms with Crippen LogP contribution in [0.3, 0.4) is 0 Å². The van der Waals surface area contributed by atoms with Crippen molar-refractivity contribution in [3.63, 3.8) is 0 Å². The number of aromatic nitrogens is 2. The molecule has 0 radical (unpaired) electrons. The van der Waals surface area contributed by atoms with Crippen LogP contribution in [-0.4, -0.2) is 42.6 Å². The van der Waals surface area contributed by atoms with E-state index in [1.807, 2.05) is 0 Å². The molecule has 1 saturated heterocycles. The molecule has 1 aliphatic heterocycles. The lowest BCUT2D eigenvalue weighted by atomic mass is 10.2. The molecule has 0 bridgehead atoms. The van der Waals surface area contributed by atoms with E-state index >= 15 is 0 Å². The second-order valence-electron chi connectivity index (χ2n) is 5.62. The summed E-state index contributed by atoms with van der Waals surface area (Å²) >= 11 is 0. The summed E-state index contributed by atoms with van der Waals surface area (Å²) in [5, 5.41) is 10.2. The Hall–Kier alpha value is -0.920. The van der Waals surface area contributed by atoms with E-state index in [0.717, 1.165) is 38.6 Å². The first-order chi connectivity index (χ1) is 10.1. The average molecular weight is 314 g/mol. The molecule has 0 aromatic carbocycles. The highest BCUT2D eigenvalue weighted by Gasteiger charge is 2.30. The third-order valence-electron chi connectivity index (χ3n) is 3.84. The molecule has 1 fully saturated rings. The van der Waals surface area contributed by atoms with Crippen LogP contribution < -0.4 is 5.32 Å². The predicted molar refractivity (Wildman–Crippen MR) is 82.5 cm³/mol. The van der Waals surface area contributed by atoms with Crippen molar-refractivity contribution in [2.45, 2.75) is 57.4 Å². The Balaban J connectivity index is 2.23. The molecule has 120 valence electrons. The van der Waals surface area contributed by atoms with Gasteiger partial charge in [-0.05, 0) is 32.7 Å². The number of sulfonamides is 1. The van der Waals surface area contributed by atoms with Crippen molar-refractivity contribution >= 4 is 10.0 Å². The van der Waals surface area contributed by atoms with Gasteiger partial charge in [0, 0.05) is 19.6 Å². The lowest BCUT2D eigenvalue weighted by Gasteiger charge is -2.20. The highest BCUT2D eigenvalue weighted by Crippen LogP contribution is 2.24. The number of nitrogens with zero attached hydrogens (tertiary/aromatic N) is 2. The summed E-state index contributed by atoms with van der Waals surface area (Å²) in [5.41, 5.74) is 1.23. The first-order valence-electron chi connectivity index (χ1n) is 7.82. The highest BCUT2D eigenvalue weighted by molar-refractivity contribution is 7.89. The highest BCUT2D eigenvalue weighted by atomic mass is 32.2.